The number of thiazole rings is 1. The zero-order valence-corrected chi connectivity index (χ0v) is 18.0. The second kappa shape index (κ2) is 8.23. The SMILES string of the molecule is COC(=O)C1=C(C)N=c2sc(=Cc3cccc(OC)c3O)c(=O)n2C1c1ccccc1. The first-order valence-electron chi connectivity index (χ1n) is 9.48. The maximum atomic E-state index is 13.4. The van der Waals surface area contributed by atoms with E-state index in [0.717, 1.165) is 5.56 Å². The van der Waals surface area contributed by atoms with Gasteiger partial charge in [-0.2, -0.15) is 0 Å². The molecule has 3 aromatic rings. The Morgan fingerprint density at radius 3 is 2.58 bits per heavy atom. The third-order valence-corrected chi connectivity index (χ3v) is 6.06. The molecule has 0 bridgehead atoms. The van der Waals surface area contributed by atoms with Crippen LogP contribution in [0.2, 0.25) is 0 Å². The highest BCUT2D eigenvalue weighted by Gasteiger charge is 2.32. The summed E-state index contributed by atoms with van der Waals surface area (Å²) in [5.41, 5.74) is 1.72. The van der Waals surface area contributed by atoms with Crippen LogP contribution in [0.15, 0.2) is 69.6 Å². The molecule has 31 heavy (non-hydrogen) atoms. The third-order valence-electron chi connectivity index (χ3n) is 5.08. The van der Waals surface area contributed by atoms with Gasteiger partial charge in [0.05, 0.1) is 36.1 Å². The van der Waals surface area contributed by atoms with Gasteiger partial charge in [-0.1, -0.05) is 53.8 Å². The highest BCUT2D eigenvalue weighted by molar-refractivity contribution is 7.07. The van der Waals surface area contributed by atoms with Crippen molar-refractivity contribution in [3.63, 3.8) is 0 Å². The number of benzene rings is 2. The molecule has 1 aliphatic heterocycles. The van der Waals surface area contributed by atoms with Gasteiger partial charge in [0.1, 0.15) is 0 Å². The molecule has 8 heteroatoms. The van der Waals surface area contributed by atoms with E-state index < -0.39 is 12.0 Å². The molecule has 4 rings (SSSR count). The Hall–Kier alpha value is -3.65. The maximum Gasteiger partial charge on any atom is 0.338 e. The molecule has 0 radical (unpaired) electrons. The number of aromatic nitrogens is 1. The first-order chi connectivity index (χ1) is 15.0. The minimum absolute atomic E-state index is 0.0538. The predicted octanol–water partition coefficient (Wildman–Crippen LogP) is 2.12. The lowest BCUT2D eigenvalue weighted by Gasteiger charge is -2.24. The van der Waals surface area contributed by atoms with Gasteiger partial charge in [0.25, 0.3) is 5.56 Å². The standard InChI is InChI=1S/C23H20N2O5S/c1-13-18(22(28)30-3)19(14-8-5-4-6-9-14)25-21(27)17(31-23(25)24-13)12-15-10-7-11-16(29-2)20(15)26/h4-12,19,26H,1-3H3. The Kier molecular flexibility index (Phi) is 5.48. The van der Waals surface area contributed by atoms with E-state index in [1.54, 1.807) is 31.2 Å². The van der Waals surface area contributed by atoms with Gasteiger partial charge in [0.15, 0.2) is 16.3 Å². The van der Waals surface area contributed by atoms with E-state index in [1.165, 1.54) is 30.1 Å². The average Bonchev–Trinajstić information content (AvgIpc) is 3.09. The summed E-state index contributed by atoms with van der Waals surface area (Å²) in [7, 11) is 2.77. The van der Waals surface area contributed by atoms with Crippen LogP contribution in [0.3, 0.4) is 0 Å². The molecule has 1 aliphatic rings. The van der Waals surface area contributed by atoms with E-state index in [2.05, 4.69) is 4.99 Å². The van der Waals surface area contributed by atoms with Crippen molar-refractivity contribution in [2.75, 3.05) is 14.2 Å². The molecule has 1 aromatic heterocycles. The van der Waals surface area contributed by atoms with Crippen LogP contribution in [0, 0.1) is 0 Å². The maximum absolute atomic E-state index is 13.4. The number of aromatic hydroxyl groups is 1. The number of ether oxygens (including phenoxy) is 2. The summed E-state index contributed by atoms with van der Waals surface area (Å²) in [4.78, 5) is 31.0. The first-order valence-corrected chi connectivity index (χ1v) is 10.3. The molecule has 0 spiro atoms. The van der Waals surface area contributed by atoms with E-state index >= 15 is 0 Å². The number of esters is 1. The van der Waals surface area contributed by atoms with E-state index in [1.807, 2.05) is 30.3 Å². The number of phenols is 1. The summed E-state index contributed by atoms with van der Waals surface area (Å²) in [6, 6.07) is 13.7. The number of phenolic OH excluding ortho intramolecular Hbond substituents is 1. The van der Waals surface area contributed by atoms with Gasteiger partial charge in [-0.05, 0) is 24.6 Å². The molecule has 158 valence electrons. The smallest absolute Gasteiger partial charge is 0.338 e. The zero-order chi connectivity index (χ0) is 22.1. The molecule has 1 unspecified atom stereocenters. The lowest BCUT2D eigenvalue weighted by molar-refractivity contribution is -0.136. The first kappa shape index (κ1) is 20.6. The number of nitrogens with zero attached hydrogens (tertiary/aromatic N) is 2. The summed E-state index contributed by atoms with van der Waals surface area (Å²) in [6.07, 6.45) is 1.60. The number of carbonyl (C=O) groups excluding carboxylic acids is 1. The van der Waals surface area contributed by atoms with Crippen LogP contribution in [0.25, 0.3) is 6.08 Å². The van der Waals surface area contributed by atoms with Crippen LogP contribution in [0.5, 0.6) is 11.5 Å². The van der Waals surface area contributed by atoms with Crippen LogP contribution in [0.4, 0.5) is 0 Å². The lowest BCUT2D eigenvalue weighted by atomic mass is 9.96. The van der Waals surface area contributed by atoms with Crippen molar-refractivity contribution >= 4 is 23.4 Å². The van der Waals surface area contributed by atoms with Crippen molar-refractivity contribution < 1.29 is 19.4 Å². The summed E-state index contributed by atoms with van der Waals surface area (Å²) in [5, 5.41) is 10.4. The number of methoxy groups -OCH3 is 2. The van der Waals surface area contributed by atoms with Crippen molar-refractivity contribution in [2.45, 2.75) is 13.0 Å². The van der Waals surface area contributed by atoms with Crippen LogP contribution in [-0.4, -0.2) is 29.9 Å². The quantitative estimate of drug-likeness (QED) is 0.633. The summed E-state index contributed by atoms with van der Waals surface area (Å²) in [5.74, 6) is -0.274. The fraction of sp³-hybridized carbons (Fsp3) is 0.174. The van der Waals surface area contributed by atoms with Crippen molar-refractivity contribution in [2.24, 2.45) is 4.99 Å². The van der Waals surface area contributed by atoms with Crippen molar-refractivity contribution in [3.05, 3.63) is 90.6 Å². The fourth-order valence-electron chi connectivity index (χ4n) is 3.61. The van der Waals surface area contributed by atoms with Crippen LogP contribution < -0.4 is 19.6 Å². The predicted molar refractivity (Wildman–Crippen MR) is 117 cm³/mol. The second-order valence-corrected chi connectivity index (χ2v) is 7.89. The molecule has 2 aromatic carbocycles. The number of para-hydroxylation sites is 1. The summed E-state index contributed by atoms with van der Waals surface area (Å²) < 4.78 is 12.0. The van der Waals surface area contributed by atoms with Crippen LogP contribution in [0.1, 0.15) is 24.1 Å². The number of hydrogen-bond donors (Lipinski definition) is 1. The number of carbonyl (C=O) groups is 1. The number of allylic oxidation sites excluding steroid dienone is 1. The Morgan fingerprint density at radius 2 is 1.90 bits per heavy atom. The monoisotopic (exact) mass is 436 g/mol. The largest absolute Gasteiger partial charge is 0.504 e. The molecule has 7 nitrogen and oxygen atoms in total. The lowest BCUT2D eigenvalue weighted by Crippen LogP contribution is -2.39. The minimum atomic E-state index is -0.661. The van der Waals surface area contributed by atoms with Crippen molar-refractivity contribution in [1.29, 1.82) is 0 Å². The van der Waals surface area contributed by atoms with Gasteiger partial charge in [-0.3, -0.25) is 9.36 Å². The fourth-order valence-corrected chi connectivity index (χ4v) is 4.64. The highest BCUT2D eigenvalue weighted by atomic mass is 32.1. The number of hydrogen-bond acceptors (Lipinski definition) is 7. The molecule has 0 fully saturated rings. The Labute approximate surface area is 181 Å². The number of rotatable bonds is 4. The van der Waals surface area contributed by atoms with E-state index in [4.69, 9.17) is 9.47 Å². The Bertz CT molecular complexity index is 1370. The summed E-state index contributed by atoms with van der Waals surface area (Å²) >= 11 is 1.19. The van der Waals surface area contributed by atoms with E-state index in [0.29, 0.717) is 31.9 Å². The Balaban J connectivity index is 1.98. The average molecular weight is 436 g/mol. The van der Waals surface area contributed by atoms with Crippen molar-refractivity contribution in [3.8, 4) is 11.5 Å². The van der Waals surface area contributed by atoms with Gasteiger partial charge in [-0.25, -0.2) is 9.79 Å². The topological polar surface area (TPSA) is 90.1 Å². The molecule has 1 N–H and O–H groups in total. The van der Waals surface area contributed by atoms with Crippen LogP contribution in [-0.2, 0) is 9.53 Å². The van der Waals surface area contributed by atoms with Gasteiger partial charge in [-0.15, -0.1) is 0 Å². The minimum Gasteiger partial charge on any atom is -0.504 e. The van der Waals surface area contributed by atoms with Crippen LogP contribution >= 0.6 is 11.3 Å². The molecule has 0 saturated heterocycles. The van der Waals surface area contributed by atoms with Crippen molar-refractivity contribution in [1.82, 2.24) is 4.57 Å². The Morgan fingerprint density at radius 1 is 1.16 bits per heavy atom. The van der Waals surface area contributed by atoms with E-state index in [9.17, 15) is 14.7 Å². The van der Waals surface area contributed by atoms with Gasteiger partial charge < -0.3 is 14.6 Å². The molecule has 2 heterocycles. The third kappa shape index (κ3) is 3.55. The molecule has 0 amide bonds. The molecule has 0 aliphatic carbocycles. The van der Waals surface area contributed by atoms with E-state index in [-0.39, 0.29) is 11.3 Å². The second-order valence-electron chi connectivity index (χ2n) is 6.88. The molecular formula is C23H20N2O5S. The molecule has 1 atom stereocenters. The highest BCUT2D eigenvalue weighted by Crippen LogP contribution is 2.31. The van der Waals surface area contributed by atoms with Gasteiger partial charge in [0, 0.05) is 5.56 Å². The molecular weight excluding hydrogens is 416 g/mol. The normalized spacial score (nSPS) is 16.0. The van der Waals surface area contributed by atoms with Gasteiger partial charge in [0.2, 0.25) is 0 Å². The number of fused-ring (bicyclic) bond motifs is 1. The molecule has 0 saturated carbocycles. The van der Waals surface area contributed by atoms with Gasteiger partial charge >= 0.3 is 5.97 Å². The summed E-state index contributed by atoms with van der Waals surface area (Å²) in [6.45, 7) is 1.73. The zero-order valence-electron chi connectivity index (χ0n) is 17.2.